The van der Waals surface area contributed by atoms with Crippen LogP contribution in [0.4, 0.5) is 0 Å². The summed E-state index contributed by atoms with van der Waals surface area (Å²) in [6.07, 6.45) is 8.19. The topological polar surface area (TPSA) is 21.3 Å². The molecule has 0 aliphatic rings. The standard InChI is InChI=1S/C19H31NO/c1-4-7-8-9-13-16-18(20-5-2)19(21-6-3)17-14-11-10-12-15-17/h4,10-12,14-15,18-20H,1,5-9,13,16H2,2-3H3. The molecule has 2 heteroatoms. The summed E-state index contributed by atoms with van der Waals surface area (Å²) in [6.45, 7) is 9.75. The van der Waals surface area contributed by atoms with Crippen LogP contribution in [0.1, 0.15) is 57.6 Å². The minimum absolute atomic E-state index is 0.149. The molecule has 2 atom stereocenters. The fourth-order valence-corrected chi connectivity index (χ4v) is 2.72. The van der Waals surface area contributed by atoms with Gasteiger partial charge in [-0.25, -0.2) is 0 Å². The second-order valence-corrected chi connectivity index (χ2v) is 5.38. The molecule has 0 bridgehead atoms. The van der Waals surface area contributed by atoms with Gasteiger partial charge in [0.2, 0.25) is 0 Å². The van der Waals surface area contributed by atoms with Crippen molar-refractivity contribution in [1.82, 2.24) is 5.32 Å². The molecule has 0 amide bonds. The molecule has 1 aromatic rings. The number of unbranched alkanes of at least 4 members (excludes halogenated alkanes) is 3. The van der Waals surface area contributed by atoms with Crippen molar-refractivity contribution in [2.75, 3.05) is 13.2 Å². The first-order valence-corrected chi connectivity index (χ1v) is 8.34. The third-order valence-corrected chi connectivity index (χ3v) is 3.73. The molecule has 0 fully saturated rings. The summed E-state index contributed by atoms with van der Waals surface area (Å²) in [7, 11) is 0. The molecular formula is C19H31NO. The van der Waals surface area contributed by atoms with Crippen LogP contribution in [0.2, 0.25) is 0 Å². The van der Waals surface area contributed by atoms with E-state index in [9.17, 15) is 0 Å². The smallest absolute Gasteiger partial charge is 0.0977 e. The van der Waals surface area contributed by atoms with Crippen LogP contribution >= 0.6 is 0 Å². The van der Waals surface area contributed by atoms with Crippen molar-refractivity contribution in [2.24, 2.45) is 0 Å². The zero-order valence-corrected chi connectivity index (χ0v) is 13.7. The number of nitrogens with one attached hydrogen (secondary N) is 1. The van der Waals surface area contributed by atoms with Gasteiger partial charge in [0.1, 0.15) is 0 Å². The number of rotatable bonds is 12. The fourth-order valence-electron chi connectivity index (χ4n) is 2.72. The van der Waals surface area contributed by atoms with E-state index in [0.717, 1.165) is 26.0 Å². The summed E-state index contributed by atoms with van der Waals surface area (Å²) in [5, 5.41) is 3.61. The first kappa shape index (κ1) is 17.9. The van der Waals surface area contributed by atoms with Crippen LogP contribution in [0.3, 0.4) is 0 Å². The van der Waals surface area contributed by atoms with E-state index in [0.29, 0.717) is 6.04 Å². The minimum Gasteiger partial charge on any atom is -0.372 e. The van der Waals surface area contributed by atoms with Gasteiger partial charge in [0.15, 0.2) is 0 Å². The highest BCUT2D eigenvalue weighted by Gasteiger charge is 2.22. The Hall–Kier alpha value is -1.12. The Morgan fingerprint density at radius 2 is 1.90 bits per heavy atom. The van der Waals surface area contributed by atoms with E-state index >= 15 is 0 Å². The average molecular weight is 289 g/mol. The summed E-state index contributed by atoms with van der Waals surface area (Å²) >= 11 is 0. The molecule has 0 saturated carbocycles. The van der Waals surface area contributed by atoms with Crippen LogP contribution in [-0.2, 0) is 4.74 Å². The van der Waals surface area contributed by atoms with Gasteiger partial charge in [-0.15, -0.1) is 6.58 Å². The number of ether oxygens (including phenoxy) is 1. The van der Waals surface area contributed by atoms with Crippen LogP contribution in [0.15, 0.2) is 43.0 Å². The van der Waals surface area contributed by atoms with Gasteiger partial charge in [-0.05, 0) is 38.3 Å². The molecule has 2 nitrogen and oxygen atoms in total. The van der Waals surface area contributed by atoms with Crippen molar-refractivity contribution in [3.8, 4) is 0 Å². The summed E-state index contributed by atoms with van der Waals surface area (Å²) < 4.78 is 6.04. The summed E-state index contributed by atoms with van der Waals surface area (Å²) in [5.41, 5.74) is 1.27. The van der Waals surface area contributed by atoms with Crippen molar-refractivity contribution >= 4 is 0 Å². The van der Waals surface area contributed by atoms with Crippen molar-refractivity contribution in [3.05, 3.63) is 48.6 Å². The molecule has 0 radical (unpaired) electrons. The molecule has 1 rings (SSSR count). The third kappa shape index (κ3) is 6.92. The molecule has 1 aromatic carbocycles. The quantitative estimate of drug-likeness (QED) is 0.437. The maximum atomic E-state index is 6.04. The van der Waals surface area contributed by atoms with Gasteiger partial charge in [-0.3, -0.25) is 0 Å². The molecule has 118 valence electrons. The summed E-state index contributed by atoms with van der Waals surface area (Å²) in [6, 6.07) is 11.0. The second kappa shape index (κ2) is 11.5. The van der Waals surface area contributed by atoms with Gasteiger partial charge < -0.3 is 10.1 Å². The molecule has 1 N–H and O–H groups in total. The van der Waals surface area contributed by atoms with Crippen LogP contribution in [0.25, 0.3) is 0 Å². The van der Waals surface area contributed by atoms with E-state index in [1.54, 1.807) is 0 Å². The first-order chi connectivity index (χ1) is 10.3. The molecule has 0 aliphatic heterocycles. The largest absolute Gasteiger partial charge is 0.372 e. The maximum absolute atomic E-state index is 6.04. The number of allylic oxidation sites excluding steroid dienone is 1. The molecule has 0 spiro atoms. The number of hydrogen-bond acceptors (Lipinski definition) is 2. The monoisotopic (exact) mass is 289 g/mol. The SMILES string of the molecule is C=CCCCCCC(NCC)C(OCC)c1ccccc1. The molecule has 0 aliphatic carbocycles. The molecular weight excluding hydrogens is 258 g/mol. The molecule has 0 saturated heterocycles. The van der Waals surface area contributed by atoms with Crippen LogP contribution in [-0.4, -0.2) is 19.2 Å². The minimum atomic E-state index is 0.149. The lowest BCUT2D eigenvalue weighted by atomic mass is 9.96. The Morgan fingerprint density at radius 3 is 2.52 bits per heavy atom. The van der Waals surface area contributed by atoms with E-state index in [4.69, 9.17) is 4.74 Å². The Morgan fingerprint density at radius 1 is 1.14 bits per heavy atom. The van der Waals surface area contributed by atoms with Crippen LogP contribution in [0, 0.1) is 0 Å². The first-order valence-electron chi connectivity index (χ1n) is 8.34. The second-order valence-electron chi connectivity index (χ2n) is 5.38. The van der Waals surface area contributed by atoms with E-state index in [1.165, 1.54) is 24.8 Å². The zero-order chi connectivity index (χ0) is 15.3. The van der Waals surface area contributed by atoms with Crippen molar-refractivity contribution in [2.45, 2.75) is 58.1 Å². The Bertz CT molecular complexity index is 363. The number of hydrogen-bond donors (Lipinski definition) is 1. The van der Waals surface area contributed by atoms with Crippen LogP contribution < -0.4 is 5.32 Å². The average Bonchev–Trinajstić information content (AvgIpc) is 2.52. The van der Waals surface area contributed by atoms with Gasteiger partial charge in [0.05, 0.1) is 6.10 Å². The van der Waals surface area contributed by atoms with E-state index in [2.05, 4.69) is 56.1 Å². The predicted molar refractivity (Wildman–Crippen MR) is 91.6 cm³/mol. The molecule has 2 unspecified atom stereocenters. The van der Waals surface area contributed by atoms with E-state index in [-0.39, 0.29) is 6.10 Å². The third-order valence-electron chi connectivity index (χ3n) is 3.73. The van der Waals surface area contributed by atoms with Crippen LogP contribution in [0.5, 0.6) is 0 Å². The Balaban J connectivity index is 2.62. The van der Waals surface area contributed by atoms with Gasteiger partial charge in [-0.2, -0.15) is 0 Å². The summed E-state index contributed by atoms with van der Waals surface area (Å²) in [5.74, 6) is 0. The predicted octanol–water partition coefficient (Wildman–Crippen LogP) is 4.88. The highest BCUT2D eigenvalue weighted by atomic mass is 16.5. The lowest BCUT2D eigenvalue weighted by Gasteiger charge is -2.28. The number of benzene rings is 1. The van der Waals surface area contributed by atoms with Crippen molar-refractivity contribution < 1.29 is 4.74 Å². The van der Waals surface area contributed by atoms with Gasteiger partial charge in [0.25, 0.3) is 0 Å². The maximum Gasteiger partial charge on any atom is 0.0977 e. The van der Waals surface area contributed by atoms with E-state index < -0.39 is 0 Å². The number of likely N-dealkylation sites (N-methyl/N-ethyl adjacent to an activating group) is 1. The Labute approximate surface area is 130 Å². The molecule has 0 heterocycles. The van der Waals surface area contributed by atoms with Crippen molar-refractivity contribution in [3.63, 3.8) is 0 Å². The van der Waals surface area contributed by atoms with Crippen molar-refractivity contribution in [1.29, 1.82) is 0 Å². The fraction of sp³-hybridized carbons (Fsp3) is 0.579. The normalized spacial score (nSPS) is 13.8. The Kier molecular flexibility index (Phi) is 9.84. The van der Waals surface area contributed by atoms with E-state index in [1.807, 2.05) is 6.08 Å². The highest BCUT2D eigenvalue weighted by Crippen LogP contribution is 2.25. The van der Waals surface area contributed by atoms with Gasteiger partial charge >= 0.3 is 0 Å². The van der Waals surface area contributed by atoms with Gasteiger partial charge in [-0.1, -0.05) is 56.2 Å². The molecule has 21 heavy (non-hydrogen) atoms. The molecule has 0 aromatic heterocycles. The highest BCUT2D eigenvalue weighted by molar-refractivity contribution is 5.19. The lowest BCUT2D eigenvalue weighted by molar-refractivity contribution is 0.0306. The zero-order valence-electron chi connectivity index (χ0n) is 13.7. The lowest BCUT2D eigenvalue weighted by Crippen LogP contribution is -2.36. The summed E-state index contributed by atoms with van der Waals surface area (Å²) in [4.78, 5) is 0. The van der Waals surface area contributed by atoms with Gasteiger partial charge in [0, 0.05) is 12.6 Å².